The second-order valence-electron chi connectivity index (χ2n) is 10.5. The Kier molecular flexibility index (Phi) is 3.85. The molecule has 0 spiro atoms. The van der Waals surface area contributed by atoms with Crippen LogP contribution in [0.4, 0.5) is 0 Å². The van der Waals surface area contributed by atoms with Crippen LogP contribution >= 0.6 is 0 Å². The molecule has 3 aliphatic rings. The van der Waals surface area contributed by atoms with E-state index >= 15 is 0 Å². The van der Waals surface area contributed by atoms with Crippen LogP contribution in [0.2, 0.25) is 0 Å². The Morgan fingerprint density at radius 1 is 1.11 bits per heavy atom. The lowest BCUT2D eigenvalue weighted by Gasteiger charge is -2.39. The van der Waals surface area contributed by atoms with Gasteiger partial charge in [0, 0.05) is 39.9 Å². The number of para-hydroxylation sites is 1. The van der Waals surface area contributed by atoms with E-state index in [1.54, 1.807) is 7.11 Å². The Labute approximate surface area is 210 Å². The Balaban J connectivity index is 1.68. The summed E-state index contributed by atoms with van der Waals surface area (Å²) < 4.78 is 21.7. The number of aliphatic hydroxyl groups is 1. The van der Waals surface area contributed by atoms with E-state index in [2.05, 4.69) is 15.2 Å². The highest BCUT2D eigenvalue weighted by Gasteiger charge is 2.61. The van der Waals surface area contributed by atoms with Gasteiger partial charge in [-0.1, -0.05) is 18.2 Å². The van der Waals surface area contributed by atoms with E-state index in [9.17, 15) is 14.7 Å². The zero-order chi connectivity index (χ0) is 25.3. The van der Waals surface area contributed by atoms with Gasteiger partial charge in [-0.05, 0) is 43.2 Å². The number of carbonyl (C=O) groups is 2. The molecule has 0 amide bonds. The van der Waals surface area contributed by atoms with Crippen molar-refractivity contribution in [1.82, 2.24) is 9.13 Å². The lowest BCUT2D eigenvalue weighted by molar-refractivity contribution is -0.194. The van der Waals surface area contributed by atoms with Gasteiger partial charge in [-0.3, -0.25) is 9.59 Å². The summed E-state index contributed by atoms with van der Waals surface area (Å²) in [6.45, 7) is 2.03. The highest BCUT2D eigenvalue weighted by Crippen LogP contribution is 2.58. The molecule has 2 bridgehead atoms. The Morgan fingerprint density at radius 3 is 2.76 bits per heavy atom. The number of aryl methyl sites for hydroxylation is 1. The maximum atomic E-state index is 13.5. The van der Waals surface area contributed by atoms with E-state index in [1.165, 1.54) is 0 Å². The van der Waals surface area contributed by atoms with Crippen LogP contribution in [0.15, 0.2) is 42.5 Å². The second kappa shape index (κ2) is 6.70. The number of hydrogen-bond acceptors (Lipinski definition) is 6. The Morgan fingerprint density at radius 2 is 1.95 bits per heavy atom. The highest BCUT2D eigenvalue weighted by molar-refractivity contribution is 6.31. The lowest BCUT2D eigenvalue weighted by atomic mass is 9.89. The third kappa shape index (κ3) is 2.28. The van der Waals surface area contributed by atoms with Crippen molar-refractivity contribution in [2.24, 2.45) is 0 Å². The van der Waals surface area contributed by atoms with E-state index in [0.717, 1.165) is 54.7 Å². The molecule has 1 N–H and O–H groups in total. The molecule has 0 saturated carbocycles. The van der Waals surface area contributed by atoms with Crippen molar-refractivity contribution in [2.75, 3.05) is 13.7 Å². The third-order valence-electron chi connectivity index (χ3n) is 8.89. The Hall–Kier alpha value is -3.88. The van der Waals surface area contributed by atoms with Gasteiger partial charge in [0.25, 0.3) is 6.47 Å². The average molecular weight is 497 g/mol. The summed E-state index contributed by atoms with van der Waals surface area (Å²) in [7, 11) is 1.63. The van der Waals surface area contributed by atoms with Crippen LogP contribution in [0.5, 0.6) is 5.75 Å². The molecular weight excluding hydrogens is 472 g/mol. The first-order chi connectivity index (χ1) is 17.9. The molecule has 8 rings (SSSR count). The van der Waals surface area contributed by atoms with Crippen molar-refractivity contribution in [3.63, 3.8) is 0 Å². The summed E-state index contributed by atoms with van der Waals surface area (Å²) in [6, 6.07) is 13.9. The number of ketones is 1. The molecule has 2 aliphatic heterocycles. The molecule has 1 saturated heterocycles. The molecule has 37 heavy (non-hydrogen) atoms. The fourth-order valence-electron chi connectivity index (χ4n) is 7.28. The van der Waals surface area contributed by atoms with Gasteiger partial charge in [0.05, 0.1) is 29.2 Å². The van der Waals surface area contributed by atoms with Gasteiger partial charge in [-0.15, -0.1) is 0 Å². The summed E-state index contributed by atoms with van der Waals surface area (Å²) in [5, 5.41) is 16.0. The normalized spacial score (nSPS) is 26.0. The van der Waals surface area contributed by atoms with Gasteiger partial charge < -0.3 is 28.5 Å². The van der Waals surface area contributed by atoms with Crippen LogP contribution in [0.3, 0.4) is 0 Å². The number of ether oxygens (including phenoxy) is 3. The fraction of sp³-hybridized carbons (Fsp3) is 0.310. The maximum absolute atomic E-state index is 13.5. The number of aromatic nitrogens is 2. The van der Waals surface area contributed by atoms with Crippen LogP contribution in [-0.4, -0.2) is 45.8 Å². The summed E-state index contributed by atoms with van der Waals surface area (Å²) in [5.41, 5.74) is 2.75. The molecule has 3 atom stereocenters. The maximum Gasteiger partial charge on any atom is 0.293 e. The summed E-state index contributed by atoms with van der Waals surface area (Å²) in [5.74, 6) is 0.851. The molecule has 2 aromatic heterocycles. The van der Waals surface area contributed by atoms with Crippen LogP contribution in [0, 0.1) is 0 Å². The number of fused-ring (bicyclic) bond motifs is 13. The van der Waals surface area contributed by atoms with Gasteiger partial charge in [0.1, 0.15) is 18.6 Å². The van der Waals surface area contributed by atoms with E-state index in [4.69, 9.17) is 14.2 Å². The summed E-state index contributed by atoms with van der Waals surface area (Å²) >= 11 is 0. The number of benzene rings is 3. The fourth-order valence-corrected chi connectivity index (χ4v) is 7.28. The van der Waals surface area contributed by atoms with Crippen molar-refractivity contribution >= 4 is 55.9 Å². The number of hydrogen-bond donors (Lipinski definition) is 1. The van der Waals surface area contributed by atoms with Crippen LogP contribution in [0.1, 0.15) is 41.9 Å². The first kappa shape index (κ1) is 21.2. The molecule has 5 aromatic rings. The smallest absolute Gasteiger partial charge is 0.293 e. The van der Waals surface area contributed by atoms with Crippen molar-refractivity contribution in [3.8, 4) is 5.75 Å². The van der Waals surface area contributed by atoms with Crippen molar-refractivity contribution in [3.05, 3.63) is 53.6 Å². The standard InChI is InChI=1S/C29H24N2O6/c1-28-29(34,13-36-14-32)12-22(37-28)30-19-9-7-15(35-2)11-18(19)25-24-17(8-10-21(24)33)23-16-5-3-4-6-20(16)31(28)27(23)26(25)30/h3-7,9,11,14,22,34H,8,10,12-13H2,1-2H3/t22-,28+,29+/m1/s1. The molecule has 3 aromatic carbocycles. The predicted octanol–water partition coefficient (Wildman–Crippen LogP) is 4.55. The molecule has 1 fully saturated rings. The second-order valence-corrected chi connectivity index (χ2v) is 10.5. The van der Waals surface area contributed by atoms with Gasteiger partial charge in [0.2, 0.25) is 0 Å². The average Bonchev–Trinajstić information content (AvgIpc) is 3.59. The van der Waals surface area contributed by atoms with E-state index in [0.29, 0.717) is 25.1 Å². The number of nitrogens with zero attached hydrogens (tertiary/aromatic N) is 2. The summed E-state index contributed by atoms with van der Waals surface area (Å²) in [6.07, 6.45) is 0.787. The molecule has 0 radical (unpaired) electrons. The first-order valence-electron chi connectivity index (χ1n) is 12.5. The van der Waals surface area contributed by atoms with Gasteiger partial charge in [-0.25, -0.2) is 0 Å². The topological polar surface area (TPSA) is 91.9 Å². The highest BCUT2D eigenvalue weighted by atomic mass is 16.6. The zero-order valence-corrected chi connectivity index (χ0v) is 20.4. The van der Waals surface area contributed by atoms with Crippen molar-refractivity contribution in [1.29, 1.82) is 0 Å². The molecule has 186 valence electrons. The SMILES string of the molecule is COc1ccc2c(c1)c1c3c(c4c5ccccc5n5c4c1n2[C@H]1C[C@](O)(COC=O)[C@]5(C)O1)CCC3=O. The number of carbonyl (C=O) groups excluding carboxylic acids is 2. The van der Waals surface area contributed by atoms with Gasteiger partial charge in [-0.2, -0.15) is 0 Å². The lowest BCUT2D eigenvalue weighted by Crippen LogP contribution is -2.53. The number of rotatable bonds is 4. The van der Waals surface area contributed by atoms with Gasteiger partial charge in [0.15, 0.2) is 17.1 Å². The van der Waals surface area contributed by atoms with E-state index < -0.39 is 17.6 Å². The predicted molar refractivity (Wildman–Crippen MR) is 137 cm³/mol. The van der Waals surface area contributed by atoms with Crippen molar-refractivity contribution in [2.45, 2.75) is 43.7 Å². The molecule has 8 nitrogen and oxygen atoms in total. The molecule has 4 heterocycles. The largest absolute Gasteiger partial charge is 0.497 e. The van der Waals surface area contributed by atoms with Gasteiger partial charge >= 0.3 is 0 Å². The van der Waals surface area contributed by atoms with E-state index in [-0.39, 0.29) is 18.8 Å². The molecule has 0 unspecified atom stereocenters. The zero-order valence-electron chi connectivity index (χ0n) is 20.4. The van der Waals surface area contributed by atoms with E-state index in [1.807, 2.05) is 43.3 Å². The minimum atomic E-state index is -1.49. The minimum absolute atomic E-state index is 0.146. The first-order valence-corrected chi connectivity index (χ1v) is 12.5. The van der Waals surface area contributed by atoms with Crippen LogP contribution in [0.25, 0.3) is 43.6 Å². The third-order valence-corrected chi connectivity index (χ3v) is 8.89. The molecule has 8 heteroatoms. The number of methoxy groups -OCH3 is 1. The van der Waals surface area contributed by atoms with Crippen LogP contribution < -0.4 is 4.74 Å². The number of Topliss-reactive ketones (excluding diaryl/α,β-unsaturated/α-hetero) is 1. The van der Waals surface area contributed by atoms with Crippen molar-refractivity contribution < 1.29 is 28.9 Å². The minimum Gasteiger partial charge on any atom is -0.497 e. The summed E-state index contributed by atoms with van der Waals surface area (Å²) in [4.78, 5) is 24.6. The Bertz CT molecular complexity index is 1870. The monoisotopic (exact) mass is 496 g/mol. The molecule has 1 aliphatic carbocycles. The molecular formula is C29H24N2O6. The quantitative estimate of drug-likeness (QED) is 0.367. The van der Waals surface area contributed by atoms with Crippen LogP contribution in [-0.2, 0) is 26.4 Å².